The molecule has 2 aromatic heterocycles. The van der Waals surface area contributed by atoms with Crippen LogP contribution in [-0.4, -0.2) is 34.6 Å². The van der Waals surface area contributed by atoms with Gasteiger partial charge in [-0.2, -0.15) is 0 Å². The van der Waals surface area contributed by atoms with Gasteiger partial charge in [0.1, 0.15) is 0 Å². The molecule has 0 radical (unpaired) electrons. The first-order chi connectivity index (χ1) is 12.8. The van der Waals surface area contributed by atoms with Crippen molar-refractivity contribution in [3.05, 3.63) is 57.3 Å². The summed E-state index contributed by atoms with van der Waals surface area (Å²) in [5.41, 5.74) is 1.16. The molecule has 2 amide bonds. The number of hydrogen-bond donors (Lipinski definition) is 3. The van der Waals surface area contributed by atoms with Crippen molar-refractivity contribution in [2.24, 2.45) is 0 Å². The van der Waals surface area contributed by atoms with Gasteiger partial charge in [0.15, 0.2) is 11.6 Å². The minimum atomic E-state index is -0.417. The van der Waals surface area contributed by atoms with E-state index in [1.807, 2.05) is 0 Å². The highest BCUT2D eigenvalue weighted by Gasteiger charge is 2.23. The molecule has 0 fully saturated rings. The zero-order valence-electron chi connectivity index (χ0n) is 14.3. The molecule has 1 aromatic carbocycles. The molecule has 0 bridgehead atoms. The Morgan fingerprint density at radius 1 is 1.15 bits per heavy atom. The average molecular weight is 405 g/mol. The van der Waals surface area contributed by atoms with Crippen LogP contribution in [0.5, 0.6) is 0 Å². The van der Waals surface area contributed by atoms with Gasteiger partial charge >= 0.3 is 0 Å². The van der Waals surface area contributed by atoms with Crippen molar-refractivity contribution in [3.8, 4) is 0 Å². The molecular weight excluding hydrogens is 391 g/mol. The lowest BCUT2D eigenvalue weighted by molar-refractivity contribution is -0.114. The molecule has 27 heavy (non-hydrogen) atoms. The monoisotopic (exact) mass is 404 g/mol. The van der Waals surface area contributed by atoms with Crippen LogP contribution in [0.3, 0.4) is 0 Å². The van der Waals surface area contributed by atoms with Gasteiger partial charge in [-0.15, -0.1) is 0 Å². The topological polar surface area (TPSA) is 104 Å². The number of carbonyl (C=O) groups excluding carboxylic acids is 3. The maximum Gasteiger partial charge on any atom is 0.251 e. The van der Waals surface area contributed by atoms with Crippen molar-refractivity contribution in [2.75, 3.05) is 12.4 Å². The predicted molar refractivity (Wildman–Crippen MR) is 104 cm³/mol. The lowest BCUT2D eigenvalue weighted by atomic mass is 10.0. The normalized spacial score (nSPS) is 10.7. The largest absolute Gasteiger partial charge is 0.357 e. The number of nitrogens with one attached hydrogen (secondary N) is 3. The number of pyridine rings is 1. The number of benzene rings is 1. The van der Waals surface area contributed by atoms with E-state index in [1.54, 1.807) is 6.07 Å². The summed E-state index contributed by atoms with van der Waals surface area (Å²) in [5.74, 6) is -0.754. The van der Waals surface area contributed by atoms with E-state index in [2.05, 4.69) is 20.6 Å². The molecule has 0 atom stereocenters. The molecule has 9 heteroatoms. The molecule has 138 valence electrons. The second-order valence-corrected chi connectivity index (χ2v) is 6.50. The summed E-state index contributed by atoms with van der Waals surface area (Å²) in [6.45, 7) is 1.36. The summed E-state index contributed by atoms with van der Waals surface area (Å²) in [6, 6.07) is 4.42. The summed E-state index contributed by atoms with van der Waals surface area (Å²) >= 11 is 12.5. The van der Waals surface area contributed by atoms with E-state index in [0.717, 1.165) is 0 Å². The number of ketones is 1. The van der Waals surface area contributed by atoms with E-state index in [9.17, 15) is 14.4 Å². The highest BCUT2D eigenvalue weighted by Crippen LogP contribution is 2.32. The summed E-state index contributed by atoms with van der Waals surface area (Å²) in [5, 5.41) is 5.76. The Balaban J connectivity index is 2.09. The van der Waals surface area contributed by atoms with Crippen molar-refractivity contribution in [3.63, 3.8) is 0 Å². The number of carbonyl (C=O) groups is 3. The first-order valence-electron chi connectivity index (χ1n) is 7.83. The van der Waals surface area contributed by atoms with E-state index < -0.39 is 5.78 Å². The third kappa shape index (κ3) is 3.51. The fourth-order valence-corrected chi connectivity index (χ4v) is 3.36. The standard InChI is InChI=1S/C18H14Cl2N4O3/c1-8(25)24-17-15-10(3-4-22-17)11(7-23-15)16(26)14-12(19)5-9(6-13(14)20)18(27)21-2/h3-7,23H,1-2H3,(H,21,27)(H,22,24,25). The fourth-order valence-electron chi connectivity index (χ4n) is 2.70. The molecule has 3 aromatic rings. The Morgan fingerprint density at radius 3 is 2.41 bits per heavy atom. The van der Waals surface area contributed by atoms with Gasteiger partial charge in [0, 0.05) is 42.9 Å². The zero-order valence-corrected chi connectivity index (χ0v) is 15.8. The molecule has 2 heterocycles. The molecule has 0 saturated carbocycles. The van der Waals surface area contributed by atoms with E-state index in [0.29, 0.717) is 22.3 Å². The summed E-state index contributed by atoms with van der Waals surface area (Å²) < 4.78 is 0. The van der Waals surface area contributed by atoms with Crippen molar-refractivity contribution >= 4 is 57.5 Å². The second kappa shape index (κ2) is 7.38. The zero-order chi connectivity index (χ0) is 19.7. The predicted octanol–water partition coefficient (Wildman–Crippen LogP) is 3.42. The van der Waals surface area contributed by atoms with Gasteiger partial charge in [0.2, 0.25) is 5.91 Å². The second-order valence-electron chi connectivity index (χ2n) is 5.69. The summed E-state index contributed by atoms with van der Waals surface area (Å²) in [7, 11) is 1.48. The van der Waals surface area contributed by atoms with Crippen LogP contribution in [0.1, 0.15) is 33.2 Å². The maximum absolute atomic E-state index is 13.1. The van der Waals surface area contributed by atoms with E-state index >= 15 is 0 Å². The van der Waals surface area contributed by atoms with Gasteiger partial charge in [-0.05, 0) is 18.2 Å². The van der Waals surface area contributed by atoms with Gasteiger partial charge in [-0.25, -0.2) is 4.98 Å². The van der Waals surface area contributed by atoms with Gasteiger partial charge in [0.25, 0.3) is 5.91 Å². The van der Waals surface area contributed by atoms with Gasteiger partial charge in [-0.3, -0.25) is 14.4 Å². The average Bonchev–Trinajstić information content (AvgIpc) is 3.05. The van der Waals surface area contributed by atoms with E-state index in [1.165, 1.54) is 38.5 Å². The Labute approximate surface area is 164 Å². The molecule has 0 unspecified atom stereocenters. The quantitative estimate of drug-likeness (QED) is 0.579. The Morgan fingerprint density at radius 2 is 1.81 bits per heavy atom. The van der Waals surface area contributed by atoms with Crippen LogP contribution in [0.2, 0.25) is 10.0 Å². The van der Waals surface area contributed by atoms with E-state index in [4.69, 9.17) is 23.2 Å². The molecule has 0 spiro atoms. The Hall–Kier alpha value is -2.90. The minimum Gasteiger partial charge on any atom is -0.357 e. The van der Waals surface area contributed by atoms with Crippen LogP contribution in [0.25, 0.3) is 10.9 Å². The molecule has 7 nitrogen and oxygen atoms in total. The highest BCUT2D eigenvalue weighted by atomic mass is 35.5. The SMILES string of the molecule is CNC(=O)c1cc(Cl)c(C(=O)c2c[nH]c3c(NC(C)=O)nccc23)c(Cl)c1. The van der Waals surface area contributed by atoms with Gasteiger partial charge in [-0.1, -0.05) is 23.2 Å². The Kier molecular flexibility index (Phi) is 5.16. The summed E-state index contributed by atoms with van der Waals surface area (Å²) in [4.78, 5) is 43.2. The number of halogens is 2. The fraction of sp³-hybridized carbons (Fsp3) is 0.111. The maximum atomic E-state index is 13.1. The van der Waals surface area contributed by atoms with Crippen LogP contribution in [-0.2, 0) is 4.79 Å². The van der Waals surface area contributed by atoms with E-state index in [-0.39, 0.29) is 33.0 Å². The number of aromatic amines is 1. The highest BCUT2D eigenvalue weighted by molar-refractivity contribution is 6.42. The smallest absolute Gasteiger partial charge is 0.251 e. The van der Waals surface area contributed by atoms with Crippen molar-refractivity contribution in [1.29, 1.82) is 0 Å². The van der Waals surface area contributed by atoms with Crippen molar-refractivity contribution < 1.29 is 14.4 Å². The molecule has 3 N–H and O–H groups in total. The van der Waals surface area contributed by atoms with Crippen molar-refractivity contribution in [2.45, 2.75) is 6.92 Å². The van der Waals surface area contributed by atoms with Gasteiger partial charge in [0.05, 0.1) is 21.1 Å². The molecule has 0 aliphatic heterocycles. The Bertz CT molecular complexity index is 1070. The lowest BCUT2D eigenvalue weighted by Gasteiger charge is -2.09. The minimum absolute atomic E-state index is 0.0663. The molecule has 3 rings (SSSR count). The number of hydrogen-bond acceptors (Lipinski definition) is 4. The van der Waals surface area contributed by atoms with Crippen molar-refractivity contribution in [1.82, 2.24) is 15.3 Å². The number of fused-ring (bicyclic) bond motifs is 1. The number of amides is 2. The third-order valence-corrected chi connectivity index (χ3v) is 4.50. The van der Waals surface area contributed by atoms with Crippen LogP contribution in [0.15, 0.2) is 30.6 Å². The first kappa shape index (κ1) is 18.9. The summed E-state index contributed by atoms with van der Waals surface area (Å²) in [6.07, 6.45) is 2.98. The first-order valence-corrected chi connectivity index (χ1v) is 8.58. The van der Waals surface area contributed by atoms with Crippen LogP contribution in [0, 0.1) is 0 Å². The molecular formula is C18H14Cl2N4O3. The third-order valence-electron chi connectivity index (χ3n) is 3.90. The van der Waals surface area contributed by atoms with Crippen LogP contribution >= 0.6 is 23.2 Å². The lowest BCUT2D eigenvalue weighted by Crippen LogP contribution is -2.18. The van der Waals surface area contributed by atoms with Gasteiger partial charge < -0.3 is 15.6 Å². The number of H-pyrrole nitrogens is 1. The number of aromatic nitrogens is 2. The molecule has 0 aliphatic rings. The van der Waals surface area contributed by atoms with Crippen LogP contribution < -0.4 is 10.6 Å². The molecule has 0 aliphatic carbocycles. The number of rotatable bonds is 4. The number of anilines is 1. The van der Waals surface area contributed by atoms with Crippen LogP contribution in [0.4, 0.5) is 5.82 Å². The molecule has 0 saturated heterocycles. The number of nitrogens with zero attached hydrogens (tertiary/aromatic N) is 1.